The number of rotatable bonds is 0. The number of halogens is 1. The molecule has 4 heteroatoms. The van der Waals surface area contributed by atoms with Gasteiger partial charge < -0.3 is 4.57 Å². The Morgan fingerprint density at radius 1 is 1.55 bits per heavy atom. The normalized spacial score (nSPS) is 10.7. The van der Waals surface area contributed by atoms with E-state index < -0.39 is 0 Å². The van der Waals surface area contributed by atoms with Crippen LogP contribution >= 0.6 is 22.6 Å². The topological polar surface area (TPSA) is 30.7 Å². The molecule has 0 fully saturated rings. The molecule has 56 valence electrons. The fourth-order valence-electron chi connectivity index (χ4n) is 1.07. The standard InChI is InChI=1S/C7H6IN3/c1-11-4-6(8)5-2-3-9-10-7(5)11/h2-4H,1H3. The van der Waals surface area contributed by atoms with Crippen molar-refractivity contribution in [3.8, 4) is 0 Å². The molecule has 2 aromatic rings. The van der Waals surface area contributed by atoms with Crippen molar-refractivity contribution < 1.29 is 0 Å². The smallest absolute Gasteiger partial charge is 0.163 e. The highest BCUT2D eigenvalue weighted by atomic mass is 127. The van der Waals surface area contributed by atoms with Crippen molar-refractivity contribution >= 4 is 33.6 Å². The molecule has 3 nitrogen and oxygen atoms in total. The Bertz CT molecular complexity index is 357. The quantitative estimate of drug-likeness (QED) is 0.672. The largest absolute Gasteiger partial charge is 0.333 e. The van der Waals surface area contributed by atoms with Crippen LogP contribution in [0.4, 0.5) is 0 Å². The summed E-state index contributed by atoms with van der Waals surface area (Å²) >= 11 is 2.29. The Labute approximate surface area is 77.6 Å². The second-order valence-electron chi connectivity index (χ2n) is 2.36. The second kappa shape index (κ2) is 2.44. The Hall–Kier alpha value is -0.650. The van der Waals surface area contributed by atoms with Gasteiger partial charge in [-0.15, -0.1) is 5.10 Å². The first-order valence-electron chi connectivity index (χ1n) is 3.21. The third kappa shape index (κ3) is 1.01. The summed E-state index contributed by atoms with van der Waals surface area (Å²) < 4.78 is 3.19. The van der Waals surface area contributed by atoms with E-state index in [1.807, 2.05) is 23.9 Å². The van der Waals surface area contributed by atoms with E-state index in [1.54, 1.807) is 6.20 Å². The van der Waals surface area contributed by atoms with Gasteiger partial charge in [0.1, 0.15) is 0 Å². The fourth-order valence-corrected chi connectivity index (χ4v) is 1.91. The van der Waals surface area contributed by atoms with Crippen molar-refractivity contribution in [3.63, 3.8) is 0 Å². The fraction of sp³-hybridized carbons (Fsp3) is 0.143. The lowest BCUT2D eigenvalue weighted by Crippen LogP contribution is -1.88. The molecule has 0 radical (unpaired) electrons. The maximum Gasteiger partial charge on any atom is 0.163 e. The van der Waals surface area contributed by atoms with Crippen molar-refractivity contribution in [2.45, 2.75) is 0 Å². The molecule has 0 atom stereocenters. The molecular formula is C7H6IN3. The molecule has 2 rings (SSSR count). The number of nitrogens with zero attached hydrogens (tertiary/aromatic N) is 3. The second-order valence-corrected chi connectivity index (χ2v) is 3.52. The number of hydrogen-bond donors (Lipinski definition) is 0. The summed E-state index contributed by atoms with van der Waals surface area (Å²) in [5, 5.41) is 8.99. The lowest BCUT2D eigenvalue weighted by Gasteiger charge is -1.89. The van der Waals surface area contributed by atoms with Gasteiger partial charge in [0, 0.05) is 22.2 Å². The molecule has 0 aliphatic carbocycles. The predicted octanol–water partition coefficient (Wildman–Crippen LogP) is 1.57. The van der Waals surface area contributed by atoms with Gasteiger partial charge in [0.05, 0.1) is 6.20 Å². The van der Waals surface area contributed by atoms with Gasteiger partial charge in [0.2, 0.25) is 0 Å². The summed E-state index contributed by atoms with van der Waals surface area (Å²) in [4.78, 5) is 0. The first kappa shape index (κ1) is 7.02. The third-order valence-electron chi connectivity index (χ3n) is 1.60. The molecule has 0 spiro atoms. The Morgan fingerprint density at radius 2 is 2.36 bits per heavy atom. The van der Waals surface area contributed by atoms with E-state index in [4.69, 9.17) is 0 Å². The average molecular weight is 259 g/mol. The molecule has 0 aromatic carbocycles. The summed E-state index contributed by atoms with van der Waals surface area (Å²) in [5.41, 5.74) is 0.942. The summed E-state index contributed by atoms with van der Waals surface area (Å²) in [5.74, 6) is 0. The maximum atomic E-state index is 4.01. The Kier molecular flexibility index (Phi) is 1.56. The molecule has 2 aromatic heterocycles. The summed E-state index contributed by atoms with van der Waals surface area (Å²) in [7, 11) is 1.97. The minimum atomic E-state index is 0.942. The zero-order valence-corrected chi connectivity index (χ0v) is 8.11. The van der Waals surface area contributed by atoms with E-state index in [9.17, 15) is 0 Å². The Balaban J connectivity index is 2.95. The van der Waals surface area contributed by atoms with Gasteiger partial charge in [0.25, 0.3) is 0 Å². The third-order valence-corrected chi connectivity index (χ3v) is 2.46. The van der Waals surface area contributed by atoms with Gasteiger partial charge in [0.15, 0.2) is 5.65 Å². The summed E-state index contributed by atoms with van der Waals surface area (Å²) in [6, 6.07) is 1.98. The van der Waals surface area contributed by atoms with E-state index in [2.05, 4.69) is 32.8 Å². The van der Waals surface area contributed by atoms with Crippen molar-refractivity contribution in [2.75, 3.05) is 0 Å². The lowest BCUT2D eigenvalue weighted by molar-refractivity contribution is 0.916. The van der Waals surface area contributed by atoms with Crippen LogP contribution < -0.4 is 0 Å². The highest BCUT2D eigenvalue weighted by molar-refractivity contribution is 14.1. The van der Waals surface area contributed by atoms with Crippen LogP contribution in [0.25, 0.3) is 11.0 Å². The van der Waals surface area contributed by atoms with E-state index in [1.165, 1.54) is 8.96 Å². The minimum absolute atomic E-state index is 0.942. The molecule has 2 heterocycles. The van der Waals surface area contributed by atoms with Gasteiger partial charge in [-0.1, -0.05) is 0 Å². The van der Waals surface area contributed by atoms with E-state index in [-0.39, 0.29) is 0 Å². The Morgan fingerprint density at radius 3 is 3.09 bits per heavy atom. The summed E-state index contributed by atoms with van der Waals surface area (Å²) in [6.45, 7) is 0. The monoisotopic (exact) mass is 259 g/mol. The van der Waals surface area contributed by atoms with Crippen LogP contribution in [0, 0.1) is 3.57 Å². The van der Waals surface area contributed by atoms with Gasteiger partial charge >= 0.3 is 0 Å². The summed E-state index contributed by atoms with van der Waals surface area (Å²) in [6.07, 6.45) is 3.75. The zero-order valence-electron chi connectivity index (χ0n) is 5.95. The molecule has 0 amide bonds. The average Bonchev–Trinajstić information content (AvgIpc) is 2.30. The zero-order chi connectivity index (χ0) is 7.84. The molecular weight excluding hydrogens is 253 g/mol. The SMILES string of the molecule is Cn1cc(I)c2ccnnc21. The highest BCUT2D eigenvalue weighted by Gasteiger charge is 2.02. The van der Waals surface area contributed by atoms with Crippen molar-refractivity contribution in [1.82, 2.24) is 14.8 Å². The number of aromatic nitrogens is 3. The first-order valence-corrected chi connectivity index (χ1v) is 4.29. The van der Waals surface area contributed by atoms with Crippen molar-refractivity contribution in [1.29, 1.82) is 0 Å². The van der Waals surface area contributed by atoms with Crippen LogP contribution in [-0.4, -0.2) is 14.8 Å². The van der Waals surface area contributed by atoms with Crippen LogP contribution in [0.3, 0.4) is 0 Å². The molecule has 0 saturated carbocycles. The van der Waals surface area contributed by atoms with E-state index in [0.717, 1.165) is 5.65 Å². The van der Waals surface area contributed by atoms with Gasteiger partial charge in [-0.05, 0) is 28.7 Å². The number of aryl methyl sites for hydroxylation is 1. The van der Waals surface area contributed by atoms with Crippen LogP contribution in [0.15, 0.2) is 18.5 Å². The van der Waals surface area contributed by atoms with Crippen LogP contribution in [-0.2, 0) is 7.05 Å². The van der Waals surface area contributed by atoms with E-state index in [0.29, 0.717) is 0 Å². The van der Waals surface area contributed by atoms with E-state index >= 15 is 0 Å². The molecule has 0 aliphatic heterocycles. The van der Waals surface area contributed by atoms with Crippen molar-refractivity contribution in [2.24, 2.45) is 7.05 Å². The molecule has 0 bridgehead atoms. The molecule has 11 heavy (non-hydrogen) atoms. The number of hydrogen-bond acceptors (Lipinski definition) is 2. The first-order chi connectivity index (χ1) is 5.29. The molecule has 0 unspecified atom stereocenters. The van der Waals surface area contributed by atoms with Crippen LogP contribution in [0.5, 0.6) is 0 Å². The number of fused-ring (bicyclic) bond motifs is 1. The minimum Gasteiger partial charge on any atom is -0.333 e. The molecule has 0 saturated heterocycles. The predicted molar refractivity (Wildman–Crippen MR) is 51.2 cm³/mol. The highest BCUT2D eigenvalue weighted by Crippen LogP contribution is 2.18. The molecule has 0 N–H and O–H groups in total. The molecule has 0 aliphatic rings. The van der Waals surface area contributed by atoms with Gasteiger partial charge in [-0.3, -0.25) is 0 Å². The maximum absolute atomic E-state index is 4.01. The van der Waals surface area contributed by atoms with Gasteiger partial charge in [-0.2, -0.15) is 5.10 Å². The van der Waals surface area contributed by atoms with Gasteiger partial charge in [-0.25, -0.2) is 0 Å². The van der Waals surface area contributed by atoms with Crippen LogP contribution in [0.2, 0.25) is 0 Å². The van der Waals surface area contributed by atoms with Crippen LogP contribution in [0.1, 0.15) is 0 Å². The lowest BCUT2D eigenvalue weighted by atomic mass is 10.4. The van der Waals surface area contributed by atoms with Crippen molar-refractivity contribution in [3.05, 3.63) is 22.0 Å².